The van der Waals surface area contributed by atoms with Gasteiger partial charge in [0.05, 0.1) is 10.4 Å². The summed E-state index contributed by atoms with van der Waals surface area (Å²) in [7, 11) is 0. The van der Waals surface area contributed by atoms with Gasteiger partial charge in [0.25, 0.3) is 0 Å². The first kappa shape index (κ1) is 15.4. The van der Waals surface area contributed by atoms with Crippen molar-refractivity contribution in [1.82, 2.24) is 5.32 Å². The monoisotopic (exact) mass is 319 g/mol. The smallest absolute Gasteiger partial charge is 0.194 e. The molecule has 108 valence electrons. The maximum Gasteiger partial charge on any atom is 0.194 e. The number of rotatable bonds is 5. The second-order valence-electron chi connectivity index (χ2n) is 4.29. The number of nitrogens with one attached hydrogen (secondary N) is 1. The highest BCUT2D eigenvalue weighted by atomic mass is 35.5. The number of halogens is 4. The molecule has 0 fully saturated rings. The van der Waals surface area contributed by atoms with Crippen LogP contribution in [0, 0.1) is 17.5 Å². The second kappa shape index (κ2) is 6.61. The Hall–Kier alpha value is -1.04. The average Bonchev–Trinajstić information content (AvgIpc) is 2.85. The van der Waals surface area contributed by atoms with Crippen LogP contribution in [0.3, 0.4) is 0 Å². The molecule has 0 spiro atoms. The topological polar surface area (TPSA) is 12.0 Å². The molecule has 0 aliphatic rings. The number of hydrogen-bond donors (Lipinski definition) is 1. The molecule has 1 N–H and O–H groups in total. The number of hydrogen-bond acceptors (Lipinski definition) is 2. The van der Waals surface area contributed by atoms with E-state index >= 15 is 0 Å². The summed E-state index contributed by atoms with van der Waals surface area (Å²) in [5, 5.41) is 3.13. The van der Waals surface area contributed by atoms with E-state index in [1.807, 2.05) is 6.92 Å². The van der Waals surface area contributed by atoms with Crippen molar-refractivity contribution < 1.29 is 13.2 Å². The third-order valence-electron chi connectivity index (χ3n) is 2.85. The molecule has 20 heavy (non-hydrogen) atoms. The molecule has 1 aromatic carbocycles. The van der Waals surface area contributed by atoms with Crippen LogP contribution in [0.2, 0.25) is 4.34 Å². The molecule has 1 heterocycles. The third-order valence-corrected chi connectivity index (χ3v) is 4.15. The van der Waals surface area contributed by atoms with Crippen molar-refractivity contribution in [2.45, 2.75) is 19.4 Å². The molecule has 2 aromatic rings. The van der Waals surface area contributed by atoms with Crippen molar-refractivity contribution in [2.24, 2.45) is 0 Å². The van der Waals surface area contributed by atoms with Gasteiger partial charge < -0.3 is 5.32 Å². The standard InChI is InChI=1S/C14H13ClF3NS/c1-2-7-19-14(10-5-6-11(15)20-10)8-3-4-9(16)13(18)12(8)17/h3-6,14,19H,2,7H2,1H3. The fourth-order valence-corrected chi connectivity index (χ4v) is 3.06. The van der Waals surface area contributed by atoms with Crippen molar-refractivity contribution in [3.63, 3.8) is 0 Å². The van der Waals surface area contributed by atoms with Crippen LogP contribution < -0.4 is 5.32 Å². The van der Waals surface area contributed by atoms with E-state index in [1.54, 1.807) is 12.1 Å². The molecule has 0 amide bonds. The summed E-state index contributed by atoms with van der Waals surface area (Å²) in [5.74, 6) is -3.80. The number of benzene rings is 1. The van der Waals surface area contributed by atoms with E-state index in [1.165, 1.54) is 17.4 Å². The second-order valence-corrected chi connectivity index (χ2v) is 6.04. The van der Waals surface area contributed by atoms with E-state index in [4.69, 9.17) is 11.6 Å². The highest BCUT2D eigenvalue weighted by Gasteiger charge is 2.23. The highest BCUT2D eigenvalue weighted by Crippen LogP contribution is 2.33. The van der Waals surface area contributed by atoms with Crippen LogP contribution >= 0.6 is 22.9 Å². The van der Waals surface area contributed by atoms with Crippen LogP contribution in [0.4, 0.5) is 13.2 Å². The van der Waals surface area contributed by atoms with Gasteiger partial charge in [0.15, 0.2) is 17.5 Å². The Morgan fingerprint density at radius 3 is 2.50 bits per heavy atom. The quantitative estimate of drug-likeness (QED) is 0.772. The van der Waals surface area contributed by atoms with Crippen LogP contribution in [0.25, 0.3) is 0 Å². The van der Waals surface area contributed by atoms with E-state index in [9.17, 15) is 13.2 Å². The van der Waals surface area contributed by atoms with Crippen LogP contribution in [0.15, 0.2) is 24.3 Å². The van der Waals surface area contributed by atoms with Gasteiger partial charge in [0.1, 0.15) is 0 Å². The van der Waals surface area contributed by atoms with E-state index in [0.717, 1.165) is 17.4 Å². The SMILES string of the molecule is CCCNC(c1ccc(Cl)s1)c1ccc(F)c(F)c1F. The van der Waals surface area contributed by atoms with Gasteiger partial charge in [0.2, 0.25) is 0 Å². The lowest BCUT2D eigenvalue weighted by atomic mass is 10.0. The van der Waals surface area contributed by atoms with Crippen molar-refractivity contribution >= 4 is 22.9 Å². The fraction of sp³-hybridized carbons (Fsp3) is 0.286. The van der Waals surface area contributed by atoms with Gasteiger partial charge in [-0.1, -0.05) is 24.6 Å². The maximum absolute atomic E-state index is 13.9. The Balaban J connectivity index is 2.43. The van der Waals surface area contributed by atoms with Crippen molar-refractivity contribution in [3.05, 3.63) is 56.5 Å². The van der Waals surface area contributed by atoms with Gasteiger partial charge in [-0.3, -0.25) is 0 Å². The molecule has 0 bridgehead atoms. The lowest BCUT2D eigenvalue weighted by Crippen LogP contribution is -2.23. The molecule has 0 saturated carbocycles. The third kappa shape index (κ3) is 3.16. The predicted molar refractivity (Wildman–Crippen MR) is 75.8 cm³/mol. The summed E-state index contributed by atoms with van der Waals surface area (Å²) in [6.45, 7) is 2.59. The molecule has 1 nitrogen and oxygen atoms in total. The van der Waals surface area contributed by atoms with Gasteiger partial charge in [-0.15, -0.1) is 11.3 Å². The first-order chi connectivity index (χ1) is 9.54. The van der Waals surface area contributed by atoms with E-state index in [2.05, 4.69) is 5.32 Å². The van der Waals surface area contributed by atoms with Crippen LogP contribution in [0.5, 0.6) is 0 Å². The van der Waals surface area contributed by atoms with Gasteiger partial charge in [-0.2, -0.15) is 0 Å². The minimum Gasteiger partial charge on any atom is -0.306 e. The summed E-state index contributed by atoms with van der Waals surface area (Å²) >= 11 is 7.17. The fourth-order valence-electron chi connectivity index (χ4n) is 1.90. The Morgan fingerprint density at radius 1 is 1.15 bits per heavy atom. The zero-order valence-corrected chi connectivity index (χ0v) is 12.3. The summed E-state index contributed by atoms with van der Waals surface area (Å²) in [4.78, 5) is 0.758. The van der Waals surface area contributed by atoms with Crippen LogP contribution in [-0.4, -0.2) is 6.54 Å². The molecule has 0 radical (unpaired) electrons. The Kier molecular flexibility index (Phi) is 5.07. The van der Waals surface area contributed by atoms with E-state index < -0.39 is 23.5 Å². The summed E-state index contributed by atoms with van der Waals surface area (Å²) in [5.41, 5.74) is 0.0795. The molecule has 6 heteroatoms. The molecule has 1 atom stereocenters. The van der Waals surface area contributed by atoms with Gasteiger partial charge >= 0.3 is 0 Å². The largest absolute Gasteiger partial charge is 0.306 e. The number of thiophene rings is 1. The van der Waals surface area contributed by atoms with Crippen LogP contribution in [0.1, 0.15) is 29.8 Å². The van der Waals surface area contributed by atoms with Crippen molar-refractivity contribution in [2.75, 3.05) is 6.54 Å². The maximum atomic E-state index is 13.9. The van der Waals surface area contributed by atoms with E-state index in [0.29, 0.717) is 10.9 Å². The summed E-state index contributed by atoms with van der Waals surface area (Å²) in [6, 6.07) is 5.10. The minimum absolute atomic E-state index is 0.0795. The van der Waals surface area contributed by atoms with Crippen molar-refractivity contribution in [1.29, 1.82) is 0 Å². The van der Waals surface area contributed by atoms with Gasteiger partial charge in [-0.25, -0.2) is 13.2 Å². The molecule has 0 aliphatic heterocycles. The van der Waals surface area contributed by atoms with Gasteiger partial charge in [0, 0.05) is 10.4 Å². The zero-order valence-electron chi connectivity index (χ0n) is 10.7. The first-order valence-corrected chi connectivity index (χ1v) is 7.36. The molecule has 0 aliphatic carbocycles. The summed E-state index contributed by atoms with van der Waals surface area (Å²) in [6.07, 6.45) is 0.834. The molecule has 1 unspecified atom stereocenters. The Morgan fingerprint density at radius 2 is 1.90 bits per heavy atom. The lowest BCUT2D eigenvalue weighted by molar-refractivity contribution is 0.433. The van der Waals surface area contributed by atoms with Crippen molar-refractivity contribution in [3.8, 4) is 0 Å². The summed E-state index contributed by atoms with van der Waals surface area (Å²) < 4.78 is 40.9. The van der Waals surface area contributed by atoms with E-state index in [-0.39, 0.29) is 5.56 Å². The molecule has 1 aromatic heterocycles. The highest BCUT2D eigenvalue weighted by molar-refractivity contribution is 7.16. The first-order valence-electron chi connectivity index (χ1n) is 6.16. The molecular formula is C14H13ClF3NS. The lowest BCUT2D eigenvalue weighted by Gasteiger charge is -2.18. The molecular weight excluding hydrogens is 307 g/mol. The predicted octanol–water partition coefficient (Wildman–Crippen LogP) is 4.91. The van der Waals surface area contributed by atoms with Gasteiger partial charge in [-0.05, 0) is 31.2 Å². The Labute approximate surface area is 124 Å². The average molecular weight is 320 g/mol. The minimum atomic E-state index is -1.45. The zero-order chi connectivity index (χ0) is 14.7. The molecule has 2 rings (SSSR count). The normalized spacial score (nSPS) is 12.7. The Bertz CT molecular complexity index is 600. The van der Waals surface area contributed by atoms with Crippen LogP contribution in [-0.2, 0) is 0 Å². The molecule has 0 saturated heterocycles.